The standard InChI is InChI=1S/C21H28BrN5O/c1-14-11-24-19(15(2)20(14)28-4)12-25-21(23-3)26-17-9-10-27(13-17)18-7-5-16(22)6-8-18/h5-8,11,17H,9-10,12-13H2,1-4H3,(H2,23,25,26). The van der Waals surface area contributed by atoms with E-state index in [2.05, 4.69) is 65.7 Å². The van der Waals surface area contributed by atoms with Crippen molar-refractivity contribution in [3.05, 3.63) is 51.8 Å². The zero-order valence-electron chi connectivity index (χ0n) is 16.9. The number of aliphatic imine (C=N–C) groups is 1. The molecule has 0 spiro atoms. The molecule has 2 aromatic rings. The largest absolute Gasteiger partial charge is 0.496 e. The summed E-state index contributed by atoms with van der Waals surface area (Å²) in [6.07, 6.45) is 2.93. The molecule has 1 aromatic carbocycles. The van der Waals surface area contributed by atoms with Crippen LogP contribution in [0.25, 0.3) is 0 Å². The van der Waals surface area contributed by atoms with Gasteiger partial charge in [0.2, 0.25) is 0 Å². The van der Waals surface area contributed by atoms with Crippen LogP contribution in [0.2, 0.25) is 0 Å². The molecule has 0 bridgehead atoms. The number of rotatable bonds is 5. The Bertz CT molecular complexity index is 837. The number of guanidine groups is 1. The fourth-order valence-electron chi connectivity index (χ4n) is 3.57. The number of aromatic nitrogens is 1. The van der Waals surface area contributed by atoms with E-state index in [9.17, 15) is 0 Å². The predicted octanol–water partition coefficient (Wildman–Crippen LogP) is 3.41. The Morgan fingerprint density at radius 3 is 2.75 bits per heavy atom. The number of methoxy groups -OCH3 is 1. The van der Waals surface area contributed by atoms with Gasteiger partial charge in [-0.2, -0.15) is 0 Å². The second kappa shape index (κ2) is 9.28. The van der Waals surface area contributed by atoms with E-state index in [0.29, 0.717) is 12.6 Å². The molecule has 0 amide bonds. The Balaban J connectivity index is 1.56. The van der Waals surface area contributed by atoms with Crippen LogP contribution in [-0.4, -0.2) is 44.2 Å². The lowest BCUT2D eigenvalue weighted by Crippen LogP contribution is -2.44. The summed E-state index contributed by atoms with van der Waals surface area (Å²) in [5.41, 5.74) is 4.33. The van der Waals surface area contributed by atoms with Gasteiger partial charge in [0.1, 0.15) is 5.75 Å². The Morgan fingerprint density at radius 1 is 1.32 bits per heavy atom. The number of pyridine rings is 1. The molecule has 1 fully saturated rings. The van der Waals surface area contributed by atoms with E-state index in [1.807, 2.05) is 20.0 Å². The molecule has 1 aliphatic rings. The average Bonchev–Trinajstić information content (AvgIpc) is 3.16. The fourth-order valence-corrected chi connectivity index (χ4v) is 3.83. The maximum Gasteiger partial charge on any atom is 0.191 e. The van der Waals surface area contributed by atoms with Crippen LogP contribution in [0.3, 0.4) is 0 Å². The molecule has 7 heteroatoms. The molecule has 28 heavy (non-hydrogen) atoms. The molecule has 1 aromatic heterocycles. The van der Waals surface area contributed by atoms with Crippen molar-refractivity contribution < 1.29 is 4.74 Å². The van der Waals surface area contributed by atoms with Gasteiger partial charge in [0.15, 0.2) is 5.96 Å². The molecule has 1 aliphatic heterocycles. The van der Waals surface area contributed by atoms with Crippen LogP contribution in [0.15, 0.2) is 39.9 Å². The third kappa shape index (κ3) is 4.76. The zero-order valence-corrected chi connectivity index (χ0v) is 18.5. The number of benzene rings is 1. The van der Waals surface area contributed by atoms with E-state index in [4.69, 9.17) is 4.74 Å². The number of hydrogen-bond acceptors (Lipinski definition) is 4. The van der Waals surface area contributed by atoms with Crippen molar-refractivity contribution in [2.75, 3.05) is 32.1 Å². The first-order valence-electron chi connectivity index (χ1n) is 9.48. The summed E-state index contributed by atoms with van der Waals surface area (Å²) in [5.74, 6) is 1.69. The van der Waals surface area contributed by atoms with E-state index in [0.717, 1.165) is 52.5 Å². The molecule has 1 unspecified atom stereocenters. The van der Waals surface area contributed by atoms with Gasteiger partial charge in [-0.25, -0.2) is 0 Å². The predicted molar refractivity (Wildman–Crippen MR) is 118 cm³/mol. The van der Waals surface area contributed by atoms with Gasteiger partial charge in [-0.15, -0.1) is 0 Å². The number of nitrogens with zero attached hydrogens (tertiary/aromatic N) is 3. The lowest BCUT2D eigenvalue weighted by atomic mass is 10.1. The molecule has 0 saturated carbocycles. The first-order valence-corrected chi connectivity index (χ1v) is 10.3. The summed E-state index contributed by atoms with van der Waals surface area (Å²) in [6, 6.07) is 8.83. The van der Waals surface area contributed by atoms with Crippen molar-refractivity contribution in [1.82, 2.24) is 15.6 Å². The summed E-state index contributed by atoms with van der Waals surface area (Å²) < 4.78 is 6.60. The van der Waals surface area contributed by atoms with Crippen molar-refractivity contribution in [2.24, 2.45) is 4.99 Å². The maximum absolute atomic E-state index is 5.50. The summed E-state index contributed by atoms with van der Waals surface area (Å²) in [5, 5.41) is 6.92. The first-order chi connectivity index (χ1) is 13.5. The summed E-state index contributed by atoms with van der Waals surface area (Å²) in [6.45, 7) is 6.64. The third-order valence-electron chi connectivity index (χ3n) is 5.12. The van der Waals surface area contributed by atoms with Crippen LogP contribution in [0, 0.1) is 13.8 Å². The van der Waals surface area contributed by atoms with E-state index in [-0.39, 0.29) is 0 Å². The molecule has 1 atom stereocenters. The molecule has 3 rings (SSSR count). The van der Waals surface area contributed by atoms with E-state index in [1.165, 1.54) is 5.69 Å². The van der Waals surface area contributed by atoms with Crippen LogP contribution < -0.4 is 20.3 Å². The number of aryl methyl sites for hydroxylation is 1. The minimum atomic E-state index is 0.358. The molecule has 0 aliphatic carbocycles. The molecule has 1 saturated heterocycles. The molecular weight excluding hydrogens is 418 g/mol. The van der Waals surface area contributed by atoms with Gasteiger partial charge in [0, 0.05) is 53.7 Å². The normalized spacial score (nSPS) is 17.0. The number of ether oxygens (including phenoxy) is 1. The molecule has 6 nitrogen and oxygen atoms in total. The van der Waals surface area contributed by atoms with Crippen LogP contribution in [0.1, 0.15) is 23.2 Å². The van der Waals surface area contributed by atoms with Gasteiger partial charge in [0.05, 0.1) is 19.3 Å². The van der Waals surface area contributed by atoms with Crippen molar-refractivity contribution in [3.8, 4) is 5.75 Å². The van der Waals surface area contributed by atoms with Crippen LogP contribution in [-0.2, 0) is 6.54 Å². The van der Waals surface area contributed by atoms with Crippen LogP contribution >= 0.6 is 15.9 Å². The van der Waals surface area contributed by atoms with Gasteiger partial charge in [0.25, 0.3) is 0 Å². The highest BCUT2D eigenvalue weighted by Crippen LogP contribution is 2.24. The number of anilines is 1. The highest BCUT2D eigenvalue weighted by molar-refractivity contribution is 9.10. The number of hydrogen-bond donors (Lipinski definition) is 2. The Morgan fingerprint density at radius 2 is 2.07 bits per heavy atom. The van der Waals surface area contributed by atoms with E-state index >= 15 is 0 Å². The zero-order chi connectivity index (χ0) is 20.1. The lowest BCUT2D eigenvalue weighted by Gasteiger charge is -2.21. The second-order valence-corrected chi connectivity index (χ2v) is 7.94. The molecular formula is C21H28BrN5O. The van der Waals surface area contributed by atoms with E-state index in [1.54, 1.807) is 14.2 Å². The van der Waals surface area contributed by atoms with Gasteiger partial charge in [-0.1, -0.05) is 15.9 Å². The average molecular weight is 446 g/mol. The van der Waals surface area contributed by atoms with Crippen LogP contribution in [0.5, 0.6) is 5.75 Å². The van der Waals surface area contributed by atoms with Gasteiger partial charge < -0.3 is 20.3 Å². The highest BCUT2D eigenvalue weighted by atomic mass is 79.9. The number of halogens is 1. The fraction of sp³-hybridized carbons (Fsp3) is 0.429. The van der Waals surface area contributed by atoms with E-state index < -0.39 is 0 Å². The quantitative estimate of drug-likeness (QED) is 0.545. The van der Waals surface area contributed by atoms with Crippen molar-refractivity contribution in [2.45, 2.75) is 32.9 Å². The maximum atomic E-state index is 5.50. The minimum Gasteiger partial charge on any atom is -0.496 e. The molecule has 0 radical (unpaired) electrons. The topological polar surface area (TPSA) is 61.8 Å². The van der Waals surface area contributed by atoms with Gasteiger partial charge in [-0.05, 0) is 44.5 Å². The molecule has 2 N–H and O–H groups in total. The Hall–Kier alpha value is -2.28. The Labute approximate surface area is 175 Å². The molecule has 2 heterocycles. The number of nitrogens with one attached hydrogen (secondary N) is 2. The minimum absolute atomic E-state index is 0.358. The van der Waals surface area contributed by atoms with Gasteiger partial charge in [-0.3, -0.25) is 9.98 Å². The summed E-state index contributed by atoms with van der Waals surface area (Å²) >= 11 is 3.49. The molecule has 150 valence electrons. The highest BCUT2D eigenvalue weighted by Gasteiger charge is 2.23. The summed E-state index contributed by atoms with van der Waals surface area (Å²) in [4.78, 5) is 11.3. The second-order valence-electron chi connectivity index (χ2n) is 7.02. The SMILES string of the molecule is CN=C(NCc1ncc(C)c(OC)c1C)NC1CCN(c2ccc(Br)cc2)C1. The third-order valence-corrected chi connectivity index (χ3v) is 5.65. The Kier molecular flexibility index (Phi) is 6.78. The summed E-state index contributed by atoms with van der Waals surface area (Å²) in [7, 11) is 3.50. The smallest absolute Gasteiger partial charge is 0.191 e. The van der Waals surface area contributed by atoms with Crippen molar-refractivity contribution >= 4 is 27.6 Å². The first kappa shape index (κ1) is 20.5. The monoisotopic (exact) mass is 445 g/mol. The van der Waals surface area contributed by atoms with Crippen molar-refractivity contribution in [1.29, 1.82) is 0 Å². The lowest BCUT2D eigenvalue weighted by molar-refractivity contribution is 0.406. The van der Waals surface area contributed by atoms with Crippen molar-refractivity contribution in [3.63, 3.8) is 0 Å². The van der Waals surface area contributed by atoms with Gasteiger partial charge >= 0.3 is 0 Å². The van der Waals surface area contributed by atoms with Crippen LogP contribution in [0.4, 0.5) is 5.69 Å².